The number of pyridine rings is 1. The van der Waals surface area contributed by atoms with Gasteiger partial charge in [-0.3, -0.25) is 0 Å². The van der Waals surface area contributed by atoms with Gasteiger partial charge in [0.05, 0.1) is 5.56 Å². The number of carbonyl (C=O) groups is 1. The highest BCUT2D eigenvalue weighted by molar-refractivity contribution is 5.87. The lowest BCUT2D eigenvalue weighted by Gasteiger charge is -2.17. The predicted octanol–water partition coefficient (Wildman–Crippen LogP) is 1.98. The molecule has 0 saturated carbocycles. The van der Waals surface area contributed by atoms with Gasteiger partial charge in [0.1, 0.15) is 11.6 Å². The lowest BCUT2D eigenvalue weighted by Crippen LogP contribution is -2.31. The van der Waals surface area contributed by atoms with Gasteiger partial charge in [0, 0.05) is 6.20 Å². The molecular weight excluding hydrogens is 253 g/mol. The molecule has 1 rings (SSSR count). The fourth-order valence-corrected chi connectivity index (χ4v) is 0.977. The van der Waals surface area contributed by atoms with Crippen molar-refractivity contribution in [2.75, 3.05) is 0 Å². The van der Waals surface area contributed by atoms with Gasteiger partial charge >= 0.3 is 12.1 Å². The van der Waals surface area contributed by atoms with Crippen molar-refractivity contribution >= 4 is 5.97 Å². The Hall–Kier alpha value is -2.30. The Balaban J connectivity index is 3.05. The van der Waals surface area contributed by atoms with Crippen LogP contribution >= 0.6 is 0 Å². The number of nitrogens with zero attached hydrogens (tertiary/aromatic N) is 2. The summed E-state index contributed by atoms with van der Waals surface area (Å²) in [5.41, 5.74) is -0.676. The Morgan fingerprint density at radius 1 is 1.61 bits per heavy atom. The van der Waals surface area contributed by atoms with E-state index in [1.807, 2.05) is 0 Å². The minimum Gasteiger partial charge on any atom is -0.478 e. The Kier molecular flexibility index (Phi) is 3.76. The van der Waals surface area contributed by atoms with Crippen molar-refractivity contribution in [3.8, 4) is 11.9 Å². The first-order chi connectivity index (χ1) is 8.25. The molecule has 1 unspecified atom stereocenters. The second kappa shape index (κ2) is 4.91. The molecule has 18 heavy (non-hydrogen) atoms. The van der Waals surface area contributed by atoms with Crippen LogP contribution in [0.25, 0.3) is 0 Å². The van der Waals surface area contributed by atoms with Gasteiger partial charge < -0.3 is 9.84 Å². The van der Waals surface area contributed by atoms with Crippen molar-refractivity contribution < 1.29 is 27.8 Å². The summed E-state index contributed by atoms with van der Waals surface area (Å²) in [5.74, 6) is -1.89. The summed E-state index contributed by atoms with van der Waals surface area (Å²) in [5, 5.41) is 17.3. The molecule has 0 amide bonds. The number of rotatable bonds is 3. The van der Waals surface area contributed by atoms with Gasteiger partial charge in [-0.05, 0) is 13.0 Å². The van der Waals surface area contributed by atoms with Crippen molar-refractivity contribution in [1.29, 1.82) is 5.26 Å². The SMILES string of the molecule is CC(Oc1ncc(C(=O)O)cc1C#N)C(F)(F)F. The molecule has 1 heterocycles. The van der Waals surface area contributed by atoms with Crippen LogP contribution in [-0.2, 0) is 0 Å². The van der Waals surface area contributed by atoms with Gasteiger partial charge in [0.2, 0.25) is 5.88 Å². The van der Waals surface area contributed by atoms with Gasteiger partial charge in [-0.25, -0.2) is 9.78 Å². The maximum atomic E-state index is 12.2. The molecule has 1 aromatic rings. The molecule has 1 aromatic heterocycles. The van der Waals surface area contributed by atoms with Gasteiger partial charge in [0.15, 0.2) is 6.10 Å². The summed E-state index contributed by atoms with van der Waals surface area (Å²) in [4.78, 5) is 14.0. The van der Waals surface area contributed by atoms with E-state index in [0.29, 0.717) is 0 Å². The molecule has 0 bridgehead atoms. The third kappa shape index (κ3) is 3.10. The van der Waals surface area contributed by atoms with E-state index in [9.17, 15) is 18.0 Å². The topological polar surface area (TPSA) is 83.2 Å². The lowest BCUT2D eigenvalue weighted by atomic mass is 10.2. The molecule has 0 fully saturated rings. The smallest absolute Gasteiger partial charge is 0.425 e. The first kappa shape index (κ1) is 13.8. The molecule has 1 N–H and O–H groups in total. The molecule has 0 aliphatic heterocycles. The first-order valence-electron chi connectivity index (χ1n) is 4.62. The number of alkyl halides is 3. The largest absolute Gasteiger partial charge is 0.478 e. The van der Waals surface area contributed by atoms with Crippen LogP contribution < -0.4 is 4.74 Å². The van der Waals surface area contributed by atoms with Crippen LogP contribution in [0.2, 0.25) is 0 Å². The quantitative estimate of drug-likeness (QED) is 0.898. The van der Waals surface area contributed by atoms with E-state index in [1.165, 1.54) is 6.07 Å². The highest BCUT2D eigenvalue weighted by atomic mass is 19.4. The maximum Gasteiger partial charge on any atom is 0.425 e. The van der Waals surface area contributed by atoms with E-state index < -0.39 is 24.1 Å². The summed E-state index contributed by atoms with van der Waals surface area (Å²) in [6.45, 7) is 0.758. The molecule has 0 aliphatic carbocycles. The van der Waals surface area contributed by atoms with E-state index in [2.05, 4.69) is 9.72 Å². The average molecular weight is 260 g/mol. The predicted molar refractivity (Wildman–Crippen MR) is 52.1 cm³/mol. The van der Waals surface area contributed by atoms with Gasteiger partial charge in [-0.15, -0.1) is 0 Å². The molecule has 1 atom stereocenters. The van der Waals surface area contributed by atoms with Crippen LogP contribution in [0.15, 0.2) is 12.3 Å². The van der Waals surface area contributed by atoms with Crippen molar-refractivity contribution in [3.63, 3.8) is 0 Å². The van der Waals surface area contributed by atoms with Gasteiger partial charge in [0.25, 0.3) is 0 Å². The molecule has 8 heteroatoms. The van der Waals surface area contributed by atoms with Crippen molar-refractivity contribution in [1.82, 2.24) is 4.98 Å². The zero-order valence-electron chi connectivity index (χ0n) is 9.02. The van der Waals surface area contributed by atoms with Crippen molar-refractivity contribution in [3.05, 3.63) is 23.4 Å². The van der Waals surface area contributed by atoms with E-state index >= 15 is 0 Å². The number of aromatic carboxylic acids is 1. The van der Waals surface area contributed by atoms with Crippen molar-refractivity contribution in [2.24, 2.45) is 0 Å². The van der Waals surface area contributed by atoms with E-state index in [4.69, 9.17) is 10.4 Å². The number of aromatic nitrogens is 1. The summed E-state index contributed by atoms with van der Waals surface area (Å²) >= 11 is 0. The normalized spacial score (nSPS) is 12.6. The number of carboxylic acid groups (broad SMARTS) is 1. The van der Waals surface area contributed by atoms with Gasteiger partial charge in [-0.2, -0.15) is 18.4 Å². The number of nitriles is 1. The summed E-state index contributed by atoms with van der Waals surface area (Å²) in [7, 11) is 0. The Bertz CT molecular complexity index is 508. The molecule has 0 aromatic carbocycles. The Morgan fingerprint density at radius 2 is 2.22 bits per heavy atom. The molecule has 0 saturated heterocycles. The van der Waals surface area contributed by atoms with Crippen molar-refractivity contribution in [2.45, 2.75) is 19.2 Å². The number of halogens is 3. The molecule has 0 radical (unpaired) electrons. The van der Waals surface area contributed by atoms with Crippen LogP contribution in [0, 0.1) is 11.3 Å². The van der Waals surface area contributed by atoms with E-state index in [0.717, 1.165) is 19.2 Å². The van der Waals surface area contributed by atoms with Crippen LogP contribution in [0.5, 0.6) is 5.88 Å². The second-order valence-corrected chi connectivity index (χ2v) is 3.30. The zero-order valence-corrected chi connectivity index (χ0v) is 9.02. The minimum absolute atomic E-state index is 0.307. The number of hydrogen-bond acceptors (Lipinski definition) is 4. The summed E-state index contributed by atoms with van der Waals surface area (Å²) in [6.07, 6.45) is -5.92. The van der Waals surface area contributed by atoms with E-state index in [-0.39, 0.29) is 11.1 Å². The maximum absolute atomic E-state index is 12.2. The van der Waals surface area contributed by atoms with Crippen LogP contribution in [0.3, 0.4) is 0 Å². The van der Waals surface area contributed by atoms with Crippen LogP contribution in [0.1, 0.15) is 22.8 Å². The second-order valence-electron chi connectivity index (χ2n) is 3.30. The average Bonchev–Trinajstić information content (AvgIpc) is 2.27. The van der Waals surface area contributed by atoms with Crippen LogP contribution in [0.4, 0.5) is 13.2 Å². The molecule has 0 spiro atoms. The third-order valence-electron chi connectivity index (χ3n) is 1.97. The third-order valence-corrected chi connectivity index (χ3v) is 1.97. The standard InChI is InChI=1S/C10H7F3N2O3/c1-5(10(11,12)13)18-8-6(3-14)2-7(4-15-8)9(16)17/h2,4-5H,1H3,(H,16,17). The fourth-order valence-electron chi connectivity index (χ4n) is 0.977. The summed E-state index contributed by atoms with van der Waals surface area (Å²) < 4.78 is 41.2. The first-order valence-corrected chi connectivity index (χ1v) is 4.62. The van der Waals surface area contributed by atoms with Gasteiger partial charge in [-0.1, -0.05) is 0 Å². The lowest BCUT2D eigenvalue weighted by molar-refractivity contribution is -0.190. The highest BCUT2D eigenvalue weighted by Crippen LogP contribution is 2.25. The Morgan fingerprint density at radius 3 is 2.67 bits per heavy atom. The number of hydrogen-bond donors (Lipinski definition) is 1. The van der Waals surface area contributed by atoms with Crippen LogP contribution in [-0.4, -0.2) is 28.3 Å². The molecule has 0 aliphatic rings. The molecular formula is C10H7F3N2O3. The Labute approximate surface area is 99.4 Å². The zero-order chi connectivity index (χ0) is 13.9. The van der Waals surface area contributed by atoms with E-state index in [1.54, 1.807) is 0 Å². The monoisotopic (exact) mass is 260 g/mol. The molecule has 5 nitrogen and oxygen atoms in total. The molecule has 96 valence electrons. The number of ether oxygens (including phenoxy) is 1. The number of carboxylic acids is 1. The minimum atomic E-state index is -4.60. The fraction of sp³-hybridized carbons (Fsp3) is 0.300. The summed E-state index contributed by atoms with van der Waals surface area (Å²) in [6, 6.07) is 2.43. The highest BCUT2D eigenvalue weighted by Gasteiger charge is 2.38.